The zero-order valence-corrected chi connectivity index (χ0v) is 17.1. The van der Waals surface area contributed by atoms with Gasteiger partial charge in [-0.1, -0.05) is 25.4 Å². The number of carbonyl (C=O) groups excluding carboxylic acids is 2. The Bertz CT molecular complexity index is 683. The number of nitrogens with zero attached hydrogens (tertiary/aromatic N) is 1. The van der Waals surface area contributed by atoms with Crippen LogP contribution < -0.4 is 5.32 Å². The van der Waals surface area contributed by atoms with Gasteiger partial charge in [0.25, 0.3) is 5.91 Å². The van der Waals surface area contributed by atoms with Crippen LogP contribution in [0.25, 0.3) is 0 Å². The Morgan fingerprint density at radius 2 is 1.93 bits per heavy atom. The minimum Gasteiger partial charge on any atom is -0.353 e. The van der Waals surface area contributed by atoms with Crippen LogP contribution >= 0.6 is 11.6 Å². The molecule has 1 aromatic rings. The molecule has 6 heteroatoms. The summed E-state index contributed by atoms with van der Waals surface area (Å²) in [6.07, 6.45) is 4.35. The molecule has 1 N–H and O–H groups in total. The molecule has 1 heterocycles. The first-order chi connectivity index (χ1) is 12.9. The number of hydrogen-bond donors (Lipinski definition) is 1. The Labute approximate surface area is 166 Å². The van der Waals surface area contributed by atoms with Crippen molar-refractivity contribution in [2.75, 3.05) is 6.61 Å². The topological polar surface area (TPSA) is 58.6 Å². The van der Waals surface area contributed by atoms with Gasteiger partial charge < -0.3 is 10.1 Å². The van der Waals surface area contributed by atoms with Crippen LogP contribution in [0, 0.1) is 5.92 Å². The van der Waals surface area contributed by atoms with E-state index in [0.717, 1.165) is 32.1 Å². The number of hydrogen-bond acceptors (Lipinski definition) is 3. The van der Waals surface area contributed by atoms with E-state index >= 15 is 0 Å². The summed E-state index contributed by atoms with van der Waals surface area (Å²) in [6, 6.07) is 6.30. The molecule has 0 bridgehead atoms. The van der Waals surface area contributed by atoms with Crippen molar-refractivity contribution in [1.29, 1.82) is 0 Å². The Morgan fingerprint density at radius 1 is 1.30 bits per heavy atom. The number of nitrogens with one attached hydrogen (secondary N) is 1. The summed E-state index contributed by atoms with van der Waals surface area (Å²) in [5.41, 5.74) is -0.148. The van der Waals surface area contributed by atoms with E-state index in [0.29, 0.717) is 16.5 Å². The molecule has 1 spiro atoms. The molecule has 27 heavy (non-hydrogen) atoms. The third-order valence-electron chi connectivity index (χ3n) is 5.93. The quantitative estimate of drug-likeness (QED) is 0.842. The van der Waals surface area contributed by atoms with Gasteiger partial charge in [0, 0.05) is 16.6 Å². The summed E-state index contributed by atoms with van der Waals surface area (Å²) in [5, 5.41) is 3.59. The molecule has 148 valence electrons. The van der Waals surface area contributed by atoms with Crippen LogP contribution in [0.1, 0.15) is 63.2 Å². The van der Waals surface area contributed by atoms with Gasteiger partial charge in [-0.2, -0.15) is 0 Å². The van der Waals surface area contributed by atoms with Gasteiger partial charge in [0.2, 0.25) is 5.91 Å². The van der Waals surface area contributed by atoms with Crippen LogP contribution in [-0.2, 0) is 9.53 Å². The van der Waals surface area contributed by atoms with Gasteiger partial charge in [0.05, 0.1) is 6.61 Å². The monoisotopic (exact) mass is 392 g/mol. The number of halogens is 1. The van der Waals surface area contributed by atoms with E-state index in [4.69, 9.17) is 16.3 Å². The zero-order chi connectivity index (χ0) is 19.6. The minimum absolute atomic E-state index is 0.0629. The predicted molar refractivity (Wildman–Crippen MR) is 106 cm³/mol. The maximum atomic E-state index is 13.4. The Morgan fingerprint density at radius 3 is 2.52 bits per heavy atom. The van der Waals surface area contributed by atoms with Gasteiger partial charge in [-0.3, -0.25) is 14.5 Å². The number of ether oxygens (including phenoxy) is 1. The molecular weight excluding hydrogens is 364 g/mol. The largest absolute Gasteiger partial charge is 0.353 e. The molecule has 1 aliphatic carbocycles. The van der Waals surface area contributed by atoms with Crippen LogP contribution in [0.15, 0.2) is 24.3 Å². The lowest BCUT2D eigenvalue weighted by Gasteiger charge is -2.43. The summed E-state index contributed by atoms with van der Waals surface area (Å²) in [4.78, 5) is 28.0. The normalized spacial score (nSPS) is 29.0. The highest BCUT2D eigenvalue weighted by Gasteiger charge is 2.53. The second-order valence-electron chi connectivity index (χ2n) is 7.96. The highest BCUT2D eigenvalue weighted by molar-refractivity contribution is 6.30. The molecule has 1 aromatic carbocycles. The third-order valence-corrected chi connectivity index (χ3v) is 6.18. The molecular formula is C21H29ClN2O3. The molecule has 2 atom stereocenters. The van der Waals surface area contributed by atoms with Crippen LogP contribution in [0.2, 0.25) is 5.02 Å². The summed E-state index contributed by atoms with van der Waals surface area (Å²) < 4.78 is 6.18. The van der Waals surface area contributed by atoms with Crippen molar-refractivity contribution in [2.45, 2.75) is 70.7 Å². The lowest BCUT2D eigenvalue weighted by atomic mass is 9.83. The maximum Gasteiger partial charge on any atom is 0.256 e. The van der Waals surface area contributed by atoms with Crippen molar-refractivity contribution in [1.82, 2.24) is 10.2 Å². The number of carbonyl (C=O) groups is 2. The van der Waals surface area contributed by atoms with E-state index in [1.165, 1.54) is 0 Å². The van der Waals surface area contributed by atoms with Crippen molar-refractivity contribution < 1.29 is 14.3 Å². The summed E-state index contributed by atoms with van der Waals surface area (Å²) in [7, 11) is 0. The summed E-state index contributed by atoms with van der Waals surface area (Å²) in [6.45, 7) is 6.46. The molecule has 2 amide bonds. The molecule has 2 aliphatic rings. The molecule has 5 nitrogen and oxygen atoms in total. The van der Waals surface area contributed by atoms with Crippen LogP contribution in [0.5, 0.6) is 0 Å². The van der Waals surface area contributed by atoms with Gasteiger partial charge in [-0.15, -0.1) is 0 Å². The molecule has 1 saturated carbocycles. The smallest absolute Gasteiger partial charge is 0.256 e. The lowest BCUT2D eigenvalue weighted by Crippen LogP contribution is -2.57. The van der Waals surface area contributed by atoms with Crippen molar-refractivity contribution >= 4 is 23.4 Å². The van der Waals surface area contributed by atoms with Crippen molar-refractivity contribution in [3.05, 3.63) is 34.9 Å². The van der Waals surface area contributed by atoms with E-state index in [-0.39, 0.29) is 24.5 Å². The van der Waals surface area contributed by atoms with Crippen LogP contribution in [0.3, 0.4) is 0 Å². The van der Waals surface area contributed by atoms with Gasteiger partial charge in [0.15, 0.2) is 0 Å². The van der Waals surface area contributed by atoms with E-state index < -0.39 is 11.8 Å². The fraction of sp³-hybridized carbons (Fsp3) is 0.619. The molecule has 3 rings (SSSR count). The molecule has 1 aliphatic heterocycles. The van der Waals surface area contributed by atoms with Crippen LogP contribution in [0.4, 0.5) is 0 Å². The first kappa shape index (κ1) is 20.2. The fourth-order valence-electron chi connectivity index (χ4n) is 3.95. The number of amides is 2. The minimum atomic E-state index is -0.680. The summed E-state index contributed by atoms with van der Waals surface area (Å²) in [5.74, 6) is 0.310. The number of benzene rings is 1. The lowest BCUT2D eigenvalue weighted by molar-refractivity contribution is -0.128. The van der Waals surface area contributed by atoms with Crippen molar-refractivity contribution in [2.24, 2.45) is 5.92 Å². The van der Waals surface area contributed by atoms with E-state index in [2.05, 4.69) is 12.2 Å². The second-order valence-corrected chi connectivity index (χ2v) is 8.39. The molecule has 1 saturated heterocycles. The molecule has 2 fully saturated rings. The van der Waals surface area contributed by atoms with Gasteiger partial charge in [-0.25, -0.2) is 0 Å². The molecule has 0 radical (unpaired) electrons. The van der Waals surface area contributed by atoms with E-state index in [1.54, 1.807) is 29.2 Å². The summed E-state index contributed by atoms with van der Waals surface area (Å²) >= 11 is 5.97. The van der Waals surface area contributed by atoms with Gasteiger partial charge in [-0.05, 0) is 69.2 Å². The van der Waals surface area contributed by atoms with E-state index in [9.17, 15) is 9.59 Å². The Kier molecular flexibility index (Phi) is 6.11. The van der Waals surface area contributed by atoms with Gasteiger partial charge in [0.1, 0.15) is 11.8 Å². The fourth-order valence-corrected chi connectivity index (χ4v) is 4.08. The molecule has 0 aromatic heterocycles. The number of rotatable bonds is 4. The predicted octanol–water partition coefficient (Wildman–Crippen LogP) is 4.00. The SMILES string of the molecule is CC[C@@H](C)NC(=O)[C@H]1COC2(CCC(C)CC2)N1C(=O)c1ccc(Cl)cc1. The molecule has 0 unspecified atom stereocenters. The highest BCUT2D eigenvalue weighted by atomic mass is 35.5. The maximum absolute atomic E-state index is 13.4. The van der Waals surface area contributed by atoms with Crippen molar-refractivity contribution in [3.8, 4) is 0 Å². The first-order valence-corrected chi connectivity index (χ1v) is 10.3. The Balaban J connectivity index is 1.90. The standard InChI is InChI=1S/C21H29ClN2O3/c1-4-15(3)23-19(25)18-13-27-21(11-9-14(2)10-12-21)24(18)20(26)16-5-7-17(22)8-6-16/h5-8,14-15,18H,4,9-13H2,1-3H3,(H,23,25)/t14?,15-,18-,21?/m1/s1. The van der Waals surface area contributed by atoms with Gasteiger partial charge >= 0.3 is 0 Å². The first-order valence-electron chi connectivity index (χ1n) is 9.90. The Hall–Kier alpha value is -1.59. The highest BCUT2D eigenvalue weighted by Crippen LogP contribution is 2.43. The average Bonchev–Trinajstić information content (AvgIpc) is 3.03. The average molecular weight is 393 g/mol. The second kappa shape index (κ2) is 8.19. The van der Waals surface area contributed by atoms with Crippen molar-refractivity contribution in [3.63, 3.8) is 0 Å². The third kappa shape index (κ3) is 4.14. The zero-order valence-electron chi connectivity index (χ0n) is 16.3. The van der Waals surface area contributed by atoms with E-state index in [1.807, 2.05) is 13.8 Å². The van der Waals surface area contributed by atoms with Crippen LogP contribution in [-0.4, -0.2) is 41.1 Å².